The number of unbranched alkanes of at least 4 members (excludes halogenated alkanes) is 11. The third kappa shape index (κ3) is 16.2. The van der Waals surface area contributed by atoms with Crippen molar-refractivity contribution in [2.75, 3.05) is 0 Å². The summed E-state index contributed by atoms with van der Waals surface area (Å²) in [6.45, 7) is 4.01. The first kappa shape index (κ1) is 38.2. The predicted molar refractivity (Wildman–Crippen MR) is 170 cm³/mol. The molecule has 1 fully saturated rings. The minimum Gasteiger partial charge on any atom is -0.455 e. The number of carbonyl (C=O) groups is 1. The fraction of sp³-hybridized carbons (Fsp3) is 0.914. The molecule has 1 saturated heterocycles. The Bertz CT molecular complexity index is 758. The zero-order chi connectivity index (χ0) is 31.5. The van der Waals surface area contributed by atoms with Gasteiger partial charge in [-0.1, -0.05) is 90.4 Å². The smallest absolute Gasteiger partial charge is 0.334 e. The maximum Gasteiger partial charge on any atom is 0.334 e. The molecule has 2 heterocycles. The lowest BCUT2D eigenvalue weighted by atomic mass is 9.98. The molecule has 252 valence electrons. The summed E-state index contributed by atoms with van der Waals surface area (Å²) in [5.41, 5.74) is 0.420. The highest BCUT2D eigenvalue weighted by Gasteiger charge is 2.34. The van der Waals surface area contributed by atoms with E-state index in [1.807, 2.05) is 0 Å². The molecule has 0 spiro atoms. The minimum absolute atomic E-state index is 0.0987. The summed E-state index contributed by atoms with van der Waals surface area (Å²) >= 11 is 0. The van der Waals surface area contributed by atoms with E-state index in [-0.39, 0.29) is 24.7 Å². The van der Waals surface area contributed by atoms with E-state index in [0.29, 0.717) is 31.3 Å². The van der Waals surface area contributed by atoms with Gasteiger partial charge in [0.25, 0.3) is 0 Å². The van der Waals surface area contributed by atoms with Gasteiger partial charge in [0.15, 0.2) is 0 Å². The van der Waals surface area contributed by atoms with Gasteiger partial charge in [0.2, 0.25) is 0 Å². The second kappa shape index (κ2) is 22.5. The number of carbonyl (C=O) groups excluding carboxylic acids is 1. The molecule has 2 aliphatic rings. The van der Waals surface area contributed by atoms with E-state index in [0.717, 1.165) is 57.8 Å². The first-order valence-electron chi connectivity index (χ1n) is 17.7. The number of esters is 1. The van der Waals surface area contributed by atoms with E-state index in [1.54, 1.807) is 13.0 Å². The van der Waals surface area contributed by atoms with Crippen LogP contribution in [0.5, 0.6) is 0 Å². The molecule has 2 rings (SSSR count). The Morgan fingerprint density at radius 3 is 1.74 bits per heavy atom. The molecule has 43 heavy (non-hydrogen) atoms. The maximum atomic E-state index is 11.7. The third-order valence-electron chi connectivity index (χ3n) is 9.24. The Balaban J connectivity index is 1.44. The highest BCUT2D eigenvalue weighted by atomic mass is 16.5. The largest absolute Gasteiger partial charge is 0.455 e. The van der Waals surface area contributed by atoms with Gasteiger partial charge < -0.3 is 35.0 Å². The van der Waals surface area contributed by atoms with Crippen LogP contribution in [0.2, 0.25) is 0 Å². The highest BCUT2D eigenvalue weighted by Crippen LogP contribution is 2.28. The van der Waals surface area contributed by atoms with Crippen LogP contribution in [0.1, 0.15) is 155 Å². The number of ether oxygens (including phenoxy) is 2. The van der Waals surface area contributed by atoms with Crippen molar-refractivity contribution in [1.29, 1.82) is 0 Å². The second-order valence-electron chi connectivity index (χ2n) is 13.3. The SMILES string of the molecule is CCCCCCCCCCCC[C@H](O)[C@H]1CC[C@@H]([C@H](O)CCC[C@H](O)CCCCC[C@H](O)[C@H](O)CC2=C[C@H](C)OC2=O)O1. The molecule has 0 aromatic rings. The van der Waals surface area contributed by atoms with Gasteiger partial charge in [-0.15, -0.1) is 0 Å². The van der Waals surface area contributed by atoms with Crippen molar-refractivity contribution >= 4 is 5.97 Å². The van der Waals surface area contributed by atoms with Gasteiger partial charge >= 0.3 is 5.97 Å². The van der Waals surface area contributed by atoms with Crippen molar-refractivity contribution in [2.24, 2.45) is 0 Å². The van der Waals surface area contributed by atoms with Crippen LogP contribution in [0.25, 0.3) is 0 Å². The van der Waals surface area contributed by atoms with Crippen molar-refractivity contribution in [1.82, 2.24) is 0 Å². The summed E-state index contributed by atoms with van der Waals surface area (Å²) in [7, 11) is 0. The summed E-state index contributed by atoms with van der Waals surface area (Å²) in [6.07, 6.45) is 18.3. The normalized spacial score (nSPS) is 24.0. The molecule has 2 aliphatic heterocycles. The van der Waals surface area contributed by atoms with E-state index in [9.17, 15) is 30.3 Å². The van der Waals surface area contributed by atoms with Crippen LogP contribution in [-0.2, 0) is 14.3 Å². The fourth-order valence-electron chi connectivity index (χ4n) is 6.42. The van der Waals surface area contributed by atoms with Gasteiger partial charge in [-0.2, -0.15) is 0 Å². The molecule has 0 aliphatic carbocycles. The first-order valence-corrected chi connectivity index (χ1v) is 17.7. The Morgan fingerprint density at radius 1 is 0.674 bits per heavy atom. The molecule has 0 bridgehead atoms. The van der Waals surface area contributed by atoms with E-state index in [1.165, 1.54) is 51.4 Å². The zero-order valence-corrected chi connectivity index (χ0v) is 27.2. The van der Waals surface area contributed by atoms with Crippen LogP contribution >= 0.6 is 0 Å². The lowest BCUT2D eigenvalue weighted by molar-refractivity contribution is -0.139. The van der Waals surface area contributed by atoms with Crippen molar-refractivity contribution < 1.29 is 39.8 Å². The Kier molecular flexibility index (Phi) is 19.9. The quantitative estimate of drug-likeness (QED) is 0.0590. The van der Waals surface area contributed by atoms with Crippen molar-refractivity contribution in [3.05, 3.63) is 11.6 Å². The molecule has 0 unspecified atom stereocenters. The monoisotopic (exact) mass is 612 g/mol. The zero-order valence-electron chi connectivity index (χ0n) is 27.2. The first-order chi connectivity index (χ1) is 20.7. The molecular weight excluding hydrogens is 548 g/mol. The fourth-order valence-corrected chi connectivity index (χ4v) is 6.42. The molecule has 8 atom stereocenters. The summed E-state index contributed by atoms with van der Waals surface area (Å²) in [5.74, 6) is -0.422. The van der Waals surface area contributed by atoms with Crippen LogP contribution in [0, 0.1) is 0 Å². The summed E-state index contributed by atoms with van der Waals surface area (Å²) in [6, 6.07) is 0. The van der Waals surface area contributed by atoms with Crippen LogP contribution in [0.15, 0.2) is 11.6 Å². The number of aliphatic hydroxyl groups is 5. The topological polar surface area (TPSA) is 137 Å². The minimum atomic E-state index is -0.993. The van der Waals surface area contributed by atoms with Crippen molar-refractivity contribution in [3.63, 3.8) is 0 Å². The van der Waals surface area contributed by atoms with Gasteiger partial charge in [-0.05, 0) is 64.4 Å². The maximum absolute atomic E-state index is 11.7. The van der Waals surface area contributed by atoms with Gasteiger partial charge in [0.05, 0.1) is 42.7 Å². The molecular formula is C35H64O8. The molecule has 0 amide bonds. The van der Waals surface area contributed by atoms with Gasteiger partial charge in [0, 0.05) is 12.0 Å². The van der Waals surface area contributed by atoms with Crippen LogP contribution < -0.4 is 0 Å². The molecule has 5 N–H and O–H groups in total. The lowest BCUT2D eigenvalue weighted by Gasteiger charge is -2.22. The molecule has 8 nitrogen and oxygen atoms in total. The van der Waals surface area contributed by atoms with E-state index >= 15 is 0 Å². The average Bonchev–Trinajstić information content (AvgIpc) is 3.59. The lowest BCUT2D eigenvalue weighted by Crippen LogP contribution is -2.31. The van der Waals surface area contributed by atoms with Gasteiger partial charge in [-0.3, -0.25) is 0 Å². The standard InChI is InChI=1S/C35H64O8/c1-3-4-5-6-7-8-9-10-11-14-20-30(38)33-22-23-34(43-33)31(39)21-16-18-28(36)17-13-12-15-19-29(37)32(40)25-27-24-26(2)42-35(27)41/h24,26,28-34,36-40H,3-23,25H2,1-2H3/t26-,28+,29-,30-,31+,32+,33+,34-/m0/s1. The Labute approximate surface area is 261 Å². The Hall–Kier alpha value is -1.03. The van der Waals surface area contributed by atoms with Crippen LogP contribution in [0.3, 0.4) is 0 Å². The molecule has 0 radical (unpaired) electrons. The molecule has 0 saturated carbocycles. The van der Waals surface area contributed by atoms with Crippen molar-refractivity contribution in [2.45, 2.75) is 204 Å². The van der Waals surface area contributed by atoms with Crippen LogP contribution in [-0.4, -0.2) is 80.3 Å². The van der Waals surface area contributed by atoms with E-state index < -0.39 is 36.5 Å². The Morgan fingerprint density at radius 2 is 1.16 bits per heavy atom. The van der Waals surface area contributed by atoms with Gasteiger partial charge in [-0.25, -0.2) is 4.79 Å². The van der Waals surface area contributed by atoms with Crippen LogP contribution in [0.4, 0.5) is 0 Å². The average molecular weight is 613 g/mol. The van der Waals surface area contributed by atoms with E-state index in [2.05, 4.69) is 6.92 Å². The van der Waals surface area contributed by atoms with E-state index in [4.69, 9.17) is 9.47 Å². The number of aliphatic hydroxyl groups excluding tert-OH is 5. The summed E-state index contributed by atoms with van der Waals surface area (Å²) < 4.78 is 11.1. The molecule has 0 aromatic heterocycles. The number of rotatable bonds is 26. The number of cyclic esters (lactones) is 1. The van der Waals surface area contributed by atoms with Gasteiger partial charge in [0.1, 0.15) is 6.10 Å². The molecule has 8 heteroatoms. The number of hydrogen-bond donors (Lipinski definition) is 5. The summed E-state index contributed by atoms with van der Waals surface area (Å²) in [4.78, 5) is 11.7. The third-order valence-corrected chi connectivity index (χ3v) is 9.24. The molecule has 0 aromatic carbocycles. The second-order valence-corrected chi connectivity index (χ2v) is 13.3. The predicted octanol–water partition coefficient (Wildman–Crippen LogP) is 6.03. The number of hydrogen-bond acceptors (Lipinski definition) is 8. The summed E-state index contributed by atoms with van der Waals surface area (Å²) in [5, 5.41) is 52.0. The van der Waals surface area contributed by atoms with Crippen molar-refractivity contribution in [3.8, 4) is 0 Å². The highest BCUT2D eigenvalue weighted by molar-refractivity contribution is 5.90.